The van der Waals surface area contributed by atoms with Gasteiger partial charge in [-0.25, -0.2) is 0 Å². The predicted octanol–water partition coefficient (Wildman–Crippen LogP) is 2.82. The van der Waals surface area contributed by atoms with Crippen molar-refractivity contribution in [2.45, 2.75) is 19.9 Å². The van der Waals surface area contributed by atoms with Crippen molar-refractivity contribution in [2.24, 2.45) is 0 Å². The summed E-state index contributed by atoms with van der Waals surface area (Å²) in [5.41, 5.74) is 1.09. The van der Waals surface area contributed by atoms with E-state index in [4.69, 9.17) is 13.9 Å². The first-order valence-corrected chi connectivity index (χ1v) is 8.18. The van der Waals surface area contributed by atoms with Gasteiger partial charge in [-0.1, -0.05) is 19.9 Å². The van der Waals surface area contributed by atoms with E-state index in [9.17, 15) is 4.79 Å². The molecule has 1 amide bonds. The fraction of sp³-hybridized carbons (Fsp3) is 0.389. The zero-order valence-corrected chi connectivity index (χ0v) is 14.0. The van der Waals surface area contributed by atoms with Crippen molar-refractivity contribution in [3.05, 3.63) is 47.9 Å². The van der Waals surface area contributed by atoms with Gasteiger partial charge in [-0.05, 0) is 42.9 Å². The number of hydrogen-bond acceptors (Lipinski definition) is 5. The van der Waals surface area contributed by atoms with Gasteiger partial charge in [0.25, 0.3) is 5.91 Å². The van der Waals surface area contributed by atoms with E-state index in [1.807, 2.05) is 18.2 Å². The lowest BCUT2D eigenvalue weighted by molar-refractivity contribution is 0.0907. The highest BCUT2D eigenvalue weighted by Crippen LogP contribution is 2.35. The first-order chi connectivity index (χ1) is 11.7. The quantitative estimate of drug-likeness (QED) is 0.846. The number of furan rings is 1. The number of carbonyl (C=O) groups is 1. The predicted molar refractivity (Wildman–Crippen MR) is 89.3 cm³/mol. The highest BCUT2D eigenvalue weighted by molar-refractivity contribution is 5.91. The monoisotopic (exact) mass is 330 g/mol. The Morgan fingerprint density at radius 2 is 2.00 bits per heavy atom. The lowest BCUT2D eigenvalue weighted by Crippen LogP contribution is -2.38. The van der Waals surface area contributed by atoms with Crippen LogP contribution in [0.5, 0.6) is 11.5 Å². The van der Waals surface area contributed by atoms with Crippen molar-refractivity contribution in [1.29, 1.82) is 0 Å². The molecule has 0 saturated carbocycles. The molecule has 2 heterocycles. The van der Waals surface area contributed by atoms with Crippen molar-refractivity contribution in [2.75, 3.05) is 26.4 Å². The highest BCUT2D eigenvalue weighted by atomic mass is 16.7. The largest absolute Gasteiger partial charge is 0.459 e. The van der Waals surface area contributed by atoms with Crippen LogP contribution in [0, 0.1) is 0 Å². The number of amides is 1. The smallest absolute Gasteiger partial charge is 0.287 e. The zero-order valence-electron chi connectivity index (χ0n) is 14.0. The molecule has 3 rings (SSSR count). The van der Waals surface area contributed by atoms with Crippen LogP contribution in [0.25, 0.3) is 0 Å². The van der Waals surface area contributed by atoms with Crippen molar-refractivity contribution in [1.82, 2.24) is 10.2 Å². The van der Waals surface area contributed by atoms with E-state index >= 15 is 0 Å². The van der Waals surface area contributed by atoms with Crippen LogP contribution in [0.3, 0.4) is 0 Å². The van der Waals surface area contributed by atoms with Gasteiger partial charge >= 0.3 is 0 Å². The standard InChI is InChI=1S/C18H22N2O4/c1-3-20(4-2)14(11-19-18(21)16-6-5-9-22-16)13-7-8-15-17(10-13)24-12-23-15/h5-10,14H,3-4,11-12H2,1-2H3,(H,19,21). The summed E-state index contributed by atoms with van der Waals surface area (Å²) in [6.45, 7) is 6.72. The molecule has 0 aliphatic carbocycles. The number of rotatable bonds is 7. The molecule has 1 atom stereocenters. The average molecular weight is 330 g/mol. The van der Waals surface area contributed by atoms with Crippen LogP contribution in [0.4, 0.5) is 0 Å². The summed E-state index contributed by atoms with van der Waals surface area (Å²) in [6.07, 6.45) is 1.49. The molecule has 128 valence electrons. The van der Waals surface area contributed by atoms with Crippen LogP contribution in [-0.2, 0) is 0 Å². The number of fused-ring (bicyclic) bond motifs is 1. The number of hydrogen-bond donors (Lipinski definition) is 1. The number of nitrogens with zero attached hydrogens (tertiary/aromatic N) is 1. The van der Waals surface area contributed by atoms with Gasteiger partial charge in [0, 0.05) is 6.54 Å². The minimum atomic E-state index is -0.210. The minimum Gasteiger partial charge on any atom is -0.459 e. The van der Waals surface area contributed by atoms with Gasteiger partial charge in [-0.2, -0.15) is 0 Å². The normalized spacial score (nSPS) is 14.0. The maximum absolute atomic E-state index is 12.2. The molecule has 1 aromatic heterocycles. The van der Waals surface area contributed by atoms with Crippen LogP contribution < -0.4 is 14.8 Å². The average Bonchev–Trinajstić information content (AvgIpc) is 3.29. The lowest BCUT2D eigenvalue weighted by atomic mass is 10.0. The molecular weight excluding hydrogens is 308 g/mol. The first-order valence-electron chi connectivity index (χ1n) is 8.18. The molecule has 1 aromatic carbocycles. The Balaban J connectivity index is 1.77. The Bertz CT molecular complexity index is 680. The third-order valence-corrected chi connectivity index (χ3v) is 4.24. The molecule has 6 nitrogen and oxygen atoms in total. The first kappa shape index (κ1) is 16.4. The van der Waals surface area contributed by atoms with E-state index in [2.05, 4.69) is 24.1 Å². The molecule has 0 saturated heterocycles. The molecule has 0 fully saturated rings. The van der Waals surface area contributed by atoms with Gasteiger partial charge in [-0.15, -0.1) is 0 Å². The van der Waals surface area contributed by atoms with E-state index in [1.165, 1.54) is 6.26 Å². The Morgan fingerprint density at radius 1 is 1.21 bits per heavy atom. The second kappa shape index (κ2) is 7.40. The molecule has 0 bridgehead atoms. The molecule has 1 aliphatic rings. The van der Waals surface area contributed by atoms with Crippen molar-refractivity contribution < 1.29 is 18.7 Å². The Kier molecular flexibility index (Phi) is 5.05. The fourth-order valence-corrected chi connectivity index (χ4v) is 2.93. The van der Waals surface area contributed by atoms with E-state index in [0.717, 1.165) is 30.2 Å². The Morgan fingerprint density at radius 3 is 2.71 bits per heavy atom. The maximum Gasteiger partial charge on any atom is 0.287 e. The SMILES string of the molecule is CCN(CC)C(CNC(=O)c1ccco1)c1ccc2c(c1)OCO2. The number of carbonyl (C=O) groups excluding carboxylic acids is 1. The van der Waals surface area contributed by atoms with Crippen LogP contribution in [-0.4, -0.2) is 37.2 Å². The van der Waals surface area contributed by atoms with Crippen LogP contribution >= 0.6 is 0 Å². The van der Waals surface area contributed by atoms with Gasteiger partial charge < -0.3 is 19.2 Å². The summed E-state index contributed by atoms with van der Waals surface area (Å²) in [7, 11) is 0. The van der Waals surface area contributed by atoms with E-state index in [1.54, 1.807) is 12.1 Å². The van der Waals surface area contributed by atoms with Crippen molar-refractivity contribution >= 4 is 5.91 Å². The van der Waals surface area contributed by atoms with E-state index in [0.29, 0.717) is 12.3 Å². The molecule has 0 spiro atoms. The molecular formula is C18H22N2O4. The minimum absolute atomic E-state index is 0.0495. The number of likely N-dealkylation sites (N-methyl/N-ethyl adjacent to an activating group) is 1. The summed E-state index contributed by atoms with van der Waals surface area (Å²) >= 11 is 0. The van der Waals surface area contributed by atoms with Gasteiger partial charge in [-0.3, -0.25) is 9.69 Å². The second-order valence-corrected chi connectivity index (χ2v) is 5.54. The molecule has 6 heteroatoms. The third-order valence-electron chi connectivity index (χ3n) is 4.24. The maximum atomic E-state index is 12.2. The second-order valence-electron chi connectivity index (χ2n) is 5.54. The number of ether oxygens (including phenoxy) is 2. The molecule has 24 heavy (non-hydrogen) atoms. The topological polar surface area (TPSA) is 63.9 Å². The van der Waals surface area contributed by atoms with Gasteiger partial charge in [0.1, 0.15) is 0 Å². The fourth-order valence-electron chi connectivity index (χ4n) is 2.93. The summed E-state index contributed by atoms with van der Waals surface area (Å²) < 4.78 is 16.0. The summed E-state index contributed by atoms with van der Waals surface area (Å²) in [6, 6.07) is 9.34. The third kappa shape index (κ3) is 3.38. The summed E-state index contributed by atoms with van der Waals surface area (Å²) in [5, 5.41) is 2.95. The van der Waals surface area contributed by atoms with Gasteiger partial charge in [0.05, 0.1) is 12.3 Å². The Labute approximate surface area is 141 Å². The highest BCUT2D eigenvalue weighted by Gasteiger charge is 2.23. The van der Waals surface area contributed by atoms with Gasteiger partial charge in [0.2, 0.25) is 6.79 Å². The number of benzene rings is 1. The Hall–Kier alpha value is -2.47. The molecule has 1 unspecified atom stereocenters. The molecule has 1 aliphatic heterocycles. The van der Waals surface area contributed by atoms with Gasteiger partial charge in [0.15, 0.2) is 17.3 Å². The van der Waals surface area contributed by atoms with Crippen molar-refractivity contribution in [3.8, 4) is 11.5 Å². The molecule has 0 radical (unpaired) electrons. The van der Waals surface area contributed by atoms with Crippen LogP contribution in [0.15, 0.2) is 41.0 Å². The van der Waals surface area contributed by atoms with Crippen molar-refractivity contribution in [3.63, 3.8) is 0 Å². The van der Waals surface area contributed by atoms with Crippen LogP contribution in [0.1, 0.15) is 36.0 Å². The summed E-state index contributed by atoms with van der Waals surface area (Å²) in [5.74, 6) is 1.62. The molecule has 2 aromatic rings. The number of nitrogens with one attached hydrogen (secondary N) is 1. The van der Waals surface area contributed by atoms with E-state index < -0.39 is 0 Å². The van der Waals surface area contributed by atoms with E-state index in [-0.39, 0.29) is 18.7 Å². The summed E-state index contributed by atoms with van der Waals surface area (Å²) in [4.78, 5) is 14.5. The zero-order chi connectivity index (χ0) is 16.9. The lowest BCUT2D eigenvalue weighted by Gasteiger charge is -2.30. The molecule has 1 N–H and O–H groups in total. The van der Waals surface area contributed by atoms with Crippen LogP contribution in [0.2, 0.25) is 0 Å².